The number of rotatable bonds is 3. The molecule has 1 aromatic carbocycles. The third-order valence-corrected chi connectivity index (χ3v) is 5.23. The fourth-order valence-electron chi connectivity index (χ4n) is 3.51. The zero-order chi connectivity index (χ0) is 20.9. The number of carbonyl (C=O) groups excluding carboxylic acids is 1. The highest BCUT2D eigenvalue weighted by Crippen LogP contribution is 2.41. The maximum atomic E-state index is 12.4. The minimum Gasteiger partial charge on any atom is -0.478 e. The zero-order valence-corrected chi connectivity index (χ0v) is 16.9. The summed E-state index contributed by atoms with van der Waals surface area (Å²) >= 11 is 6.26. The number of hydrogen-bond acceptors (Lipinski definition) is 4. The van der Waals surface area contributed by atoms with Gasteiger partial charge in [0, 0.05) is 17.5 Å². The molecule has 0 bridgehead atoms. The van der Waals surface area contributed by atoms with Gasteiger partial charge >= 0.3 is 5.97 Å². The number of carboxylic acid groups (broad SMARTS) is 1. The Bertz CT molecular complexity index is 1120. The summed E-state index contributed by atoms with van der Waals surface area (Å²) in [5.41, 5.74) is 1.20. The van der Waals surface area contributed by atoms with Crippen molar-refractivity contribution in [3.05, 3.63) is 58.4 Å². The van der Waals surface area contributed by atoms with E-state index in [-0.39, 0.29) is 29.3 Å². The van der Waals surface area contributed by atoms with Crippen LogP contribution in [0.15, 0.2) is 40.9 Å². The molecule has 1 amide bonds. The number of nitrogens with one attached hydrogen (secondary N) is 1. The molecular weight excluding hydrogens is 394 g/mol. The number of halogens is 1. The van der Waals surface area contributed by atoms with E-state index >= 15 is 0 Å². The van der Waals surface area contributed by atoms with Gasteiger partial charge < -0.3 is 14.8 Å². The van der Waals surface area contributed by atoms with Crippen LogP contribution in [0.4, 0.5) is 5.82 Å². The van der Waals surface area contributed by atoms with Crippen LogP contribution in [0.3, 0.4) is 0 Å². The number of nitrogens with zero attached hydrogens (tertiary/aromatic N) is 2. The monoisotopic (exact) mass is 413 g/mol. The number of furan rings is 1. The number of carboxylic acids is 1. The van der Waals surface area contributed by atoms with E-state index in [4.69, 9.17) is 16.0 Å². The van der Waals surface area contributed by atoms with Crippen molar-refractivity contribution in [3.8, 4) is 11.3 Å². The van der Waals surface area contributed by atoms with Crippen LogP contribution < -0.4 is 5.32 Å². The maximum absolute atomic E-state index is 12.4. The van der Waals surface area contributed by atoms with Crippen LogP contribution in [0.1, 0.15) is 54.8 Å². The molecule has 4 rings (SSSR count). The van der Waals surface area contributed by atoms with Crippen LogP contribution in [-0.2, 0) is 10.3 Å². The third-order valence-electron chi connectivity index (χ3n) is 4.90. The number of amides is 1. The fourth-order valence-corrected chi connectivity index (χ4v) is 3.72. The molecule has 2 N–H and O–H groups in total. The summed E-state index contributed by atoms with van der Waals surface area (Å²) in [6, 6.07) is 7.98. The summed E-state index contributed by atoms with van der Waals surface area (Å²) < 4.78 is 7.83. The molecule has 1 atom stereocenters. The lowest BCUT2D eigenvalue weighted by atomic mass is 9.92. The van der Waals surface area contributed by atoms with E-state index in [2.05, 4.69) is 10.4 Å². The number of fused-ring (bicyclic) bond motifs is 1. The van der Waals surface area contributed by atoms with Gasteiger partial charge in [0.1, 0.15) is 17.3 Å². The number of aromatic nitrogens is 2. The summed E-state index contributed by atoms with van der Waals surface area (Å²) in [5.74, 6) is 0.271. The number of benzene rings is 1. The second-order valence-electron chi connectivity index (χ2n) is 8.04. The molecule has 0 saturated heterocycles. The lowest BCUT2D eigenvalue weighted by molar-refractivity contribution is -0.116. The minimum absolute atomic E-state index is 0.114. The van der Waals surface area contributed by atoms with Crippen molar-refractivity contribution >= 4 is 29.3 Å². The molecule has 1 unspecified atom stereocenters. The molecule has 8 heteroatoms. The van der Waals surface area contributed by atoms with E-state index in [9.17, 15) is 14.7 Å². The summed E-state index contributed by atoms with van der Waals surface area (Å²) in [7, 11) is 0. The first-order valence-electron chi connectivity index (χ1n) is 9.16. The second kappa shape index (κ2) is 6.77. The fraction of sp³-hybridized carbons (Fsp3) is 0.286. The lowest BCUT2D eigenvalue weighted by Crippen LogP contribution is -2.30. The molecule has 0 aliphatic carbocycles. The van der Waals surface area contributed by atoms with Crippen molar-refractivity contribution in [2.75, 3.05) is 5.32 Å². The van der Waals surface area contributed by atoms with E-state index in [1.165, 1.54) is 18.2 Å². The molecule has 29 heavy (non-hydrogen) atoms. The molecule has 0 saturated carbocycles. The highest BCUT2D eigenvalue weighted by atomic mass is 35.5. The van der Waals surface area contributed by atoms with Crippen molar-refractivity contribution < 1.29 is 19.1 Å². The van der Waals surface area contributed by atoms with Crippen LogP contribution in [0.5, 0.6) is 0 Å². The molecule has 3 aromatic rings. The predicted octanol–water partition coefficient (Wildman–Crippen LogP) is 4.72. The van der Waals surface area contributed by atoms with Gasteiger partial charge in [0.2, 0.25) is 5.91 Å². The molecule has 0 spiro atoms. The summed E-state index contributed by atoms with van der Waals surface area (Å²) in [6.07, 6.45) is 1.99. The van der Waals surface area contributed by atoms with Crippen LogP contribution in [-0.4, -0.2) is 26.8 Å². The van der Waals surface area contributed by atoms with Crippen molar-refractivity contribution in [1.29, 1.82) is 0 Å². The van der Waals surface area contributed by atoms with E-state index < -0.39 is 5.97 Å². The van der Waals surface area contributed by atoms with Crippen LogP contribution in [0.25, 0.3) is 11.3 Å². The molecule has 150 valence electrons. The van der Waals surface area contributed by atoms with Crippen molar-refractivity contribution in [1.82, 2.24) is 9.78 Å². The molecular formula is C21H20ClN3O4. The first-order chi connectivity index (χ1) is 13.6. The van der Waals surface area contributed by atoms with Gasteiger partial charge in [-0.3, -0.25) is 4.79 Å². The highest BCUT2D eigenvalue weighted by molar-refractivity contribution is 6.33. The molecule has 3 heterocycles. The average molecular weight is 414 g/mol. The maximum Gasteiger partial charge on any atom is 0.335 e. The SMILES string of the molecule is CC(C)(C)n1ncc2c1NC(=O)CC2c1ccc(-c2cc(C(=O)O)ccc2Cl)o1. The summed E-state index contributed by atoms with van der Waals surface area (Å²) in [4.78, 5) is 23.6. The summed E-state index contributed by atoms with van der Waals surface area (Å²) in [6.45, 7) is 6.04. The Morgan fingerprint density at radius 1 is 1.31 bits per heavy atom. The Balaban J connectivity index is 1.75. The first-order valence-corrected chi connectivity index (χ1v) is 9.54. The van der Waals surface area contributed by atoms with Crippen LogP contribution in [0, 0.1) is 0 Å². The Morgan fingerprint density at radius 3 is 2.76 bits per heavy atom. The number of carbonyl (C=O) groups is 2. The quantitative estimate of drug-likeness (QED) is 0.647. The van der Waals surface area contributed by atoms with Gasteiger partial charge in [-0.25, -0.2) is 9.48 Å². The number of aromatic carboxylic acids is 1. The smallest absolute Gasteiger partial charge is 0.335 e. The summed E-state index contributed by atoms with van der Waals surface area (Å²) in [5, 5.41) is 17.0. The van der Waals surface area contributed by atoms with Crippen molar-refractivity contribution in [3.63, 3.8) is 0 Å². The van der Waals surface area contributed by atoms with Gasteiger partial charge in [0.25, 0.3) is 0 Å². The molecule has 2 aromatic heterocycles. The Hall–Kier alpha value is -3.06. The van der Waals surface area contributed by atoms with Gasteiger partial charge in [-0.15, -0.1) is 0 Å². The van der Waals surface area contributed by atoms with Crippen molar-refractivity contribution in [2.45, 2.75) is 38.6 Å². The minimum atomic E-state index is -1.04. The second-order valence-corrected chi connectivity index (χ2v) is 8.45. The first kappa shape index (κ1) is 19.3. The topological polar surface area (TPSA) is 97.4 Å². The third kappa shape index (κ3) is 3.42. The van der Waals surface area contributed by atoms with Gasteiger partial charge in [-0.05, 0) is 51.1 Å². The van der Waals surface area contributed by atoms with E-state index in [0.717, 1.165) is 5.56 Å². The largest absolute Gasteiger partial charge is 0.478 e. The molecule has 0 radical (unpaired) electrons. The Labute approximate surface area is 172 Å². The molecule has 0 fully saturated rings. The standard InChI is InChI=1S/C21H20ClN3O4/c1-21(2,3)25-19-14(10-23-25)12(9-18(26)24-19)16-6-7-17(29-16)13-8-11(20(27)28)4-5-15(13)22/h4-8,10,12H,9H2,1-3H3,(H,24,26)(H,27,28). The van der Waals surface area contributed by atoms with Gasteiger partial charge in [0.15, 0.2) is 0 Å². The Morgan fingerprint density at radius 2 is 2.07 bits per heavy atom. The van der Waals surface area contributed by atoms with E-state index in [0.29, 0.717) is 27.9 Å². The number of hydrogen-bond donors (Lipinski definition) is 2. The lowest BCUT2D eigenvalue weighted by Gasteiger charge is -2.27. The van der Waals surface area contributed by atoms with Gasteiger partial charge in [-0.2, -0.15) is 5.10 Å². The average Bonchev–Trinajstić information content (AvgIpc) is 3.27. The van der Waals surface area contributed by atoms with Gasteiger partial charge in [-0.1, -0.05) is 11.6 Å². The molecule has 7 nitrogen and oxygen atoms in total. The Kier molecular flexibility index (Phi) is 4.50. The van der Waals surface area contributed by atoms with Crippen LogP contribution in [0.2, 0.25) is 5.02 Å². The highest BCUT2D eigenvalue weighted by Gasteiger charge is 2.34. The van der Waals surface area contributed by atoms with Crippen molar-refractivity contribution in [2.24, 2.45) is 0 Å². The van der Waals surface area contributed by atoms with E-state index in [1.807, 2.05) is 20.8 Å². The number of anilines is 1. The predicted molar refractivity (Wildman–Crippen MR) is 108 cm³/mol. The zero-order valence-electron chi connectivity index (χ0n) is 16.2. The van der Waals surface area contributed by atoms with Gasteiger partial charge in [0.05, 0.1) is 28.2 Å². The molecule has 1 aliphatic heterocycles. The molecule has 1 aliphatic rings. The normalized spacial score (nSPS) is 16.4. The van der Waals surface area contributed by atoms with Crippen LogP contribution >= 0.6 is 11.6 Å². The van der Waals surface area contributed by atoms with E-state index in [1.54, 1.807) is 23.0 Å².